The highest BCUT2D eigenvalue weighted by molar-refractivity contribution is 5.98. The highest BCUT2D eigenvalue weighted by Crippen LogP contribution is 2.33. The molecule has 164 valence electrons. The molecule has 32 heavy (non-hydrogen) atoms. The first-order valence-corrected chi connectivity index (χ1v) is 10.8. The average Bonchev–Trinajstić information content (AvgIpc) is 3.45. The number of methoxy groups -OCH3 is 1. The molecule has 0 saturated carbocycles. The van der Waals surface area contributed by atoms with Gasteiger partial charge in [-0.1, -0.05) is 12.1 Å². The summed E-state index contributed by atoms with van der Waals surface area (Å²) in [6.07, 6.45) is 5.05. The molecule has 5 rings (SSSR count). The highest BCUT2D eigenvalue weighted by Gasteiger charge is 2.32. The molecule has 1 atom stereocenters. The maximum Gasteiger partial charge on any atom is 0.270 e. The van der Waals surface area contributed by atoms with Crippen LogP contribution in [0.25, 0.3) is 10.9 Å². The predicted molar refractivity (Wildman–Crippen MR) is 118 cm³/mol. The Kier molecular flexibility index (Phi) is 5.39. The van der Waals surface area contributed by atoms with Crippen molar-refractivity contribution in [2.45, 2.75) is 31.7 Å². The van der Waals surface area contributed by atoms with Crippen LogP contribution in [-0.2, 0) is 6.42 Å². The lowest BCUT2D eigenvalue weighted by molar-refractivity contribution is 0.0565. The molecule has 1 amide bonds. The van der Waals surface area contributed by atoms with Crippen LogP contribution < -0.4 is 4.74 Å². The van der Waals surface area contributed by atoms with Gasteiger partial charge in [0, 0.05) is 23.9 Å². The number of amides is 1. The number of rotatable bonds is 5. The lowest BCUT2D eigenvalue weighted by atomic mass is 10.0. The molecule has 3 heterocycles. The average molecular weight is 433 g/mol. The Morgan fingerprint density at radius 1 is 1.25 bits per heavy atom. The van der Waals surface area contributed by atoms with Crippen molar-refractivity contribution in [3.63, 3.8) is 0 Å². The first-order chi connectivity index (χ1) is 15.6. The fraction of sp³-hybridized carbons (Fsp3) is 0.280. The Balaban J connectivity index is 1.37. The molecule has 1 fully saturated rings. The van der Waals surface area contributed by atoms with Gasteiger partial charge in [0.15, 0.2) is 0 Å². The first kappa shape index (κ1) is 20.3. The number of benzene rings is 2. The second-order valence-corrected chi connectivity index (χ2v) is 8.12. The van der Waals surface area contributed by atoms with Gasteiger partial charge in [-0.15, -0.1) is 0 Å². The molecule has 0 bridgehead atoms. The number of nitrogens with one attached hydrogen (secondary N) is 1. The van der Waals surface area contributed by atoms with Crippen molar-refractivity contribution >= 4 is 16.8 Å². The molecule has 1 N–H and O–H groups in total. The van der Waals surface area contributed by atoms with E-state index < -0.39 is 0 Å². The number of hydrogen-bond acceptors (Lipinski definition) is 4. The van der Waals surface area contributed by atoms with Crippen molar-refractivity contribution in [3.8, 4) is 5.75 Å². The van der Waals surface area contributed by atoms with Gasteiger partial charge in [0.1, 0.15) is 29.1 Å². The van der Waals surface area contributed by atoms with Crippen molar-refractivity contribution in [2.75, 3.05) is 13.7 Å². The summed E-state index contributed by atoms with van der Waals surface area (Å²) in [4.78, 5) is 22.8. The monoisotopic (exact) mass is 433 g/mol. The third-order valence-electron chi connectivity index (χ3n) is 5.95. The fourth-order valence-corrected chi connectivity index (χ4v) is 4.35. The lowest BCUT2D eigenvalue weighted by Gasteiger charge is -2.33. The standard InChI is InChI=1S/C25H24FN3O3/c1-31-19-6-4-5-16(11-19)12-20-15-27-24(32-20)23-7-2-3-10-29(23)25(30)22-14-17-13-18(26)8-9-21(17)28-22/h4-6,8-9,11,13-15,23,28H,2-3,7,10,12H2,1H3/t23-/m0/s1. The lowest BCUT2D eigenvalue weighted by Crippen LogP contribution is -2.38. The minimum Gasteiger partial charge on any atom is -0.497 e. The number of aromatic nitrogens is 2. The summed E-state index contributed by atoms with van der Waals surface area (Å²) in [7, 11) is 1.64. The van der Waals surface area contributed by atoms with Crippen LogP contribution in [0.5, 0.6) is 5.75 Å². The Hall–Kier alpha value is -3.61. The van der Waals surface area contributed by atoms with Gasteiger partial charge in [-0.25, -0.2) is 9.37 Å². The summed E-state index contributed by atoms with van der Waals surface area (Å²) in [5.74, 6) is 1.64. The Morgan fingerprint density at radius 2 is 2.16 bits per heavy atom. The molecule has 1 aliphatic rings. The van der Waals surface area contributed by atoms with E-state index in [1.165, 1.54) is 12.1 Å². The predicted octanol–water partition coefficient (Wildman–Crippen LogP) is 5.26. The maximum atomic E-state index is 13.5. The van der Waals surface area contributed by atoms with E-state index in [0.717, 1.165) is 41.9 Å². The van der Waals surface area contributed by atoms with Gasteiger partial charge in [-0.05, 0) is 61.2 Å². The first-order valence-electron chi connectivity index (χ1n) is 10.8. The molecule has 2 aromatic carbocycles. The number of carbonyl (C=O) groups is 1. The minimum atomic E-state index is -0.324. The van der Waals surface area contributed by atoms with Crippen molar-refractivity contribution in [2.24, 2.45) is 0 Å². The largest absolute Gasteiger partial charge is 0.497 e. The van der Waals surface area contributed by atoms with Crippen LogP contribution in [-0.4, -0.2) is 34.4 Å². The van der Waals surface area contributed by atoms with Crippen LogP contribution in [0.3, 0.4) is 0 Å². The molecule has 1 saturated heterocycles. The van der Waals surface area contributed by atoms with Crippen molar-refractivity contribution in [1.82, 2.24) is 14.9 Å². The zero-order chi connectivity index (χ0) is 22.1. The molecule has 1 aliphatic heterocycles. The van der Waals surface area contributed by atoms with Crippen LogP contribution in [0.15, 0.2) is 59.1 Å². The van der Waals surface area contributed by atoms with Gasteiger partial charge in [0.2, 0.25) is 5.89 Å². The number of piperidine rings is 1. The molecule has 4 aromatic rings. The number of carbonyl (C=O) groups excluding carboxylic acids is 1. The third-order valence-corrected chi connectivity index (χ3v) is 5.95. The minimum absolute atomic E-state index is 0.126. The van der Waals surface area contributed by atoms with Crippen molar-refractivity contribution < 1.29 is 18.3 Å². The number of likely N-dealkylation sites (tertiary alicyclic amines) is 1. The normalized spacial score (nSPS) is 16.4. The number of nitrogens with zero attached hydrogens (tertiary/aromatic N) is 2. The second-order valence-electron chi connectivity index (χ2n) is 8.12. The van der Waals surface area contributed by atoms with E-state index in [1.54, 1.807) is 25.4 Å². The van der Waals surface area contributed by atoms with E-state index in [4.69, 9.17) is 9.15 Å². The summed E-state index contributed by atoms with van der Waals surface area (Å²) in [5.41, 5.74) is 2.25. The topological polar surface area (TPSA) is 71.4 Å². The summed E-state index contributed by atoms with van der Waals surface area (Å²) in [6.45, 7) is 0.626. The second kappa shape index (κ2) is 8.49. The zero-order valence-electron chi connectivity index (χ0n) is 17.8. The number of fused-ring (bicyclic) bond motifs is 1. The molecule has 6 nitrogen and oxygen atoms in total. The van der Waals surface area contributed by atoms with Gasteiger partial charge in [-0.2, -0.15) is 0 Å². The SMILES string of the molecule is COc1cccc(Cc2cnc([C@@H]3CCCCN3C(=O)c3cc4cc(F)ccc4[nH]3)o2)c1. The molecular weight excluding hydrogens is 409 g/mol. The Labute approximate surface area is 185 Å². The van der Waals surface area contributed by atoms with E-state index in [-0.39, 0.29) is 17.8 Å². The van der Waals surface area contributed by atoms with E-state index in [9.17, 15) is 9.18 Å². The van der Waals surface area contributed by atoms with E-state index in [1.807, 2.05) is 29.2 Å². The van der Waals surface area contributed by atoms with E-state index >= 15 is 0 Å². The molecule has 0 aliphatic carbocycles. The fourth-order valence-electron chi connectivity index (χ4n) is 4.35. The molecule has 0 spiro atoms. The van der Waals surface area contributed by atoms with Gasteiger partial charge < -0.3 is 19.0 Å². The van der Waals surface area contributed by atoms with Gasteiger partial charge in [0.25, 0.3) is 5.91 Å². The van der Waals surface area contributed by atoms with Crippen LogP contribution in [0.1, 0.15) is 53.0 Å². The Morgan fingerprint density at radius 3 is 3.03 bits per heavy atom. The van der Waals surface area contributed by atoms with Crippen molar-refractivity contribution in [1.29, 1.82) is 0 Å². The Bertz CT molecular complexity index is 1260. The van der Waals surface area contributed by atoms with Crippen LogP contribution in [0, 0.1) is 5.82 Å². The number of H-pyrrole nitrogens is 1. The summed E-state index contributed by atoms with van der Waals surface area (Å²) < 4.78 is 24.9. The van der Waals surface area contributed by atoms with Gasteiger partial charge in [0.05, 0.1) is 13.3 Å². The van der Waals surface area contributed by atoms with Crippen LogP contribution in [0.2, 0.25) is 0 Å². The molecule has 0 radical (unpaired) electrons. The highest BCUT2D eigenvalue weighted by atomic mass is 19.1. The summed E-state index contributed by atoms with van der Waals surface area (Å²) >= 11 is 0. The quantitative estimate of drug-likeness (QED) is 0.466. The summed E-state index contributed by atoms with van der Waals surface area (Å²) in [6, 6.07) is 13.8. The molecule has 7 heteroatoms. The zero-order valence-corrected chi connectivity index (χ0v) is 17.8. The summed E-state index contributed by atoms with van der Waals surface area (Å²) in [5, 5.41) is 0.679. The number of halogens is 1. The molecular formula is C25H24FN3O3. The number of aromatic amines is 1. The van der Waals surface area contributed by atoms with Gasteiger partial charge >= 0.3 is 0 Å². The van der Waals surface area contributed by atoms with Crippen LogP contribution in [0.4, 0.5) is 4.39 Å². The third kappa shape index (κ3) is 3.98. The molecule has 0 unspecified atom stereocenters. The maximum absolute atomic E-state index is 13.5. The van der Waals surface area contributed by atoms with Gasteiger partial charge in [-0.3, -0.25) is 4.79 Å². The van der Waals surface area contributed by atoms with E-state index in [0.29, 0.717) is 29.9 Å². The number of hydrogen-bond donors (Lipinski definition) is 1. The smallest absolute Gasteiger partial charge is 0.270 e. The van der Waals surface area contributed by atoms with Crippen LogP contribution >= 0.6 is 0 Å². The molecule has 2 aromatic heterocycles. The van der Waals surface area contributed by atoms with E-state index in [2.05, 4.69) is 9.97 Å². The number of ether oxygens (including phenoxy) is 1. The number of oxazole rings is 1. The van der Waals surface area contributed by atoms with Crippen molar-refractivity contribution in [3.05, 3.63) is 83.5 Å².